The van der Waals surface area contributed by atoms with Gasteiger partial charge in [0.1, 0.15) is 17.3 Å². The molecule has 22 heavy (non-hydrogen) atoms. The normalized spacial score (nSPS) is 14.9. The summed E-state index contributed by atoms with van der Waals surface area (Å²) >= 11 is 11.8. The van der Waals surface area contributed by atoms with Crippen LogP contribution in [0.15, 0.2) is 24.5 Å². The summed E-state index contributed by atoms with van der Waals surface area (Å²) in [5, 5.41) is 3.67. The summed E-state index contributed by atoms with van der Waals surface area (Å²) in [5.74, 6) is 0.451. The van der Waals surface area contributed by atoms with Gasteiger partial charge in [0.15, 0.2) is 11.5 Å². The number of hydrogen-bond donors (Lipinski definition) is 1. The van der Waals surface area contributed by atoms with Crippen molar-refractivity contribution in [3.63, 3.8) is 0 Å². The number of nitrogens with one attached hydrogen (secondary N) is 1. The first-order valence-electron chi connectivity index (χ1n) is 6.23. The van der Waals surface area contributed by atoms with Gasteiger partial charge in [0.05, 0.1) is 0 Å². The molecule has 0 aliphatic carbocycles. The van der Waals surface area contributed by atoms with Gasteiger partial charge in [-0.3, -0.25) is 0 Å². The molecule has 0 bridgehead atoms. The average Bonchev–Trinajstić information content (AvgIpc) is 2.72. The van der Waals surface area contributed by atoms with Gasteiger partial charge in [-0.25, -0.2) is 9.97 Å². The molecule has 9 heteroatoms. The second kappa shape index (κ2) is 5.73. The molecule has 0 atom stereocenters. The van der Waals surface area contributed by atoms with E-state index in [9.17, 15) is 8.78 Å². The summed E-state index contributed by atoms with van der Waals surface area (Å²) in [7, 11) is 0. The van der Waals surface area contributed by atoms with E-state index in [4.69, 9.17) is 23.2 Å². The first kappa shape index (κ1) is 15.1. The van der Waals surface area contributed by atoms with Crippen molar-refractivity contribution in [2.24, 2.45) is 0 Å². The highest BCUT2D eigenvalue weighted by atomic mass is 35.5. The SMILES string of the molecule is FC1(F)Oc2cc(Cl)c(CCNc3cc(Cl)ncn3)cc2O1. The zero-order chi connectivity index (χ0) is 15.7. The predicted octanol–water partition coefficient (Wildman–Crippen LogP) is 3.76. The molecule has 0 radical (unpaired) electrons. The highest BCUT2D eigenvalue weighted by Crippen LogP contribution is 2.43. The molecule has 1 aromatic carbocycles. The van der Waals surface area contributed by atoms with Crippen LogP contribution in [0.25, 0.3) is 0 Å². The van der Waals surface area contributed by atoms with E-state index < -0.39 is 6.29 Å². The number of anilines is 1. The van der Waals surface area contributed by atoms with E-state index in [0.717, 1.165) is 0 Å². The second-order valence-electron chi connectivity index (χ2n) is 4.46. The molecule has 1 aromatic heterocycles. The molecule has 0 spiro atoms. The lowest BCUT2D eigenvalue weighted by Gasteiger charge is -2.08. The number of rotatable bonds is 4. The fourth-order valence-electron chi connectivity index (χ4n) is 1.96. The van der Waals surface area contributed by atoms with Gasteiger partial charge in [-0.1, -0.05) is 23.2 Å². The number of halogens is 4. The highest BCUT2D eigenvalue weighted by Gasteiger charge is 2.43. The van der Waals surface area contributed by atoms with Crippen LogP contribution in [-0.2, 0) is 6.42 Å². The molecule has 0 saturated carbocycles. The molecular weight excluding hydrogens is 339 g/mol. The van der Waals surface area contributed by atoms with E-state index in [1.54, 1.807) is 6.07 Å². The molecule has 0 fully saturated rings. The summed E-state index contributed by atoms with van der Waals surface area (Å²) in [6.45, 7) is 0.475. The summed E-state index contributed by atoms with van der Waals surface area (Å²) in [6, 6.07) is 4.32. The topological polar surface area (TPSA) is 56.3 Å². The van der Waals surface area contributed by atoms with Gasteiger partial charge in [-0.15, -0.1) is 8.78 Å². The quantitative estimate of drug-likeness (QED) is 0.853. The van der Waals surface area contributed by atoms with Crippen LogP contribution in [0, 0.1) is 0 Å². The third-order valence-corrected chi connectivity index (χ3v) is 3.46. The minimum Gasteiger partial charge on any atom is -0.395 e. The Labute approximate surface area is 134 Å². The summed E-state index contributed by atoms with van der Waals surface area (Å²) in [4.78, 5) is 7.75. The lowest BCUT2D eigenvalue weighted by molar-refractivity contribution is -0.286. The van der Waals surface area contributed by atoms with Gasteiger partial charge in [-0.2, -0.15) is 0 Å². The number of aromatic nitrogens is 2. The number of hydrogen-bond acceptors (Lipinski definition) is 5. The van der Waals surface area contributed by atoms with Gasteiger partial charge in [-0.05, 0) is 18.1 Å². The first-order chi connectivity index (χ1) is 10.4. The van der Waals surface area contributed by atoms with E-state index in [1.807, 2.05) is 0 Å². The number of fused-ring (bicyclic) bond motifs is 1. The van der Waals surface area contributed by atoms with Crippen molar-refractivity contribution in [1.29, 1.82) is 0 Å². The fourth-order valence-corrected chi connectivity index (χ4v) is 2.36. The number of benzene rings is 1. The highest BCUT2D eigenvalue weighted by molar-refractivity contribution is 6.31. The summed E-state index contributed by atoms with van der Waals surface area (Å²) in [5.41, 5.74) is 0.648. The Morgan fingerprint density at radius 1 is 1.09 bits per heavy atom. The molecule has 1 aliphatic heterocycles. The zero-order valence-corrected chi connectivity index (χ0v) is 12.5. The van der Waals surface area contributed by atoms with Crippen LogP contribution in [-0.4, -0.2) is 22.8 Å². The molecule has 1 aliphatic rings. The Morgan fingerprint density at radius 2 is 1.82 bits per heavy atom. The Bertz CT molecular complexity index is 716. The van der Waals surface area contributed by atoms with Gasteiger partial charge in [0.2, 0.25) is 0 Å². The standard InChI is InChI=1S/C13H9Cl2F2N3O2/c14-8-4-10-9(21-13(16,17)22-10)3-7(8)1-2-18-12-5-11(15)19-6-20-12/h3-6H,1-2H2,(H,18,19,20). The van der Waals surface area contributed by atoms with Crippen LogP contribution in [0.4, 0.5) is 14.6 Å². The molecule has 0 unspecified atom stereocenters. The van der Waals surface area contributed by atoms with Crippen molar-refractivity contribution in [2.75, 3.05) is 11.9 Å². The van der Waals surface area contributed by atoms with E-state index in [-0.39, 0.29) is 11.5 Å². The third kappa shape index (κ3) is 3.31. The van der Waals surface area contributed by atoms with Gasteiger partial charge in [0, 0.05) is 23.7 Å². The van der Waals surface area contributed by atoms with Crippen molar-refractivity contribution >= 4 is 29.0 Å². The van der Waals surface area contributed by atoms with Crippen molar-refractivity contribution in [1.82, 2.24) is 9.97 Å². The average molecular weight is 348 g/mol. The molecular formula is C13H9Cl2F2N3O2. The number of alkyl halides is 2. The van der Waals surface area contributed by atoms with Crippen LogP contribution in [0.2, 0.25) is 10.2 Å². The Morgan fingerprint density at radius 3 is 2.55 bits per heavy atom. The lowest BCUT2D eigenvalue weighted by Crippen LogP contribution is -2.25. The van der Waals surface area contributed by atoms with Crippen molar-refractivity contribution in [3.8, 4) is 11.5 Å². The van der Waals surface area contributed by atoms with Crippen molar-refractivity contribution in [3.05, 3.63) is 40.3 Å². The molecule has 1 N–H and O–H groups in total. The molecule has 0 amide bonds. The maximum Gasteiger partial charge on any atom is 0.586 e. The van der Waals surface area contributed by atoms with Crippen LogP contribution in [0.3, 0.4) is 0 Å². The van der Waals surface area contributed by atoms with Crippen molar-refractivity contribution in [2.45, 2.75) is 12.7 Å². The molecule has 5 nitrogen and oxygen atoms in total. The van der Waals surface area contributed by atoms with Gasteiger partial charge in [0.25, 0.3) is 0 Å². The molecule has 2 heterocycles. The van der Waals surface area contributed by atoms with E-state index in [0.29, 0.717) is 34.5 Å². The van der Waals surface area contributed by atoms with E-state index >= 15 is 0 Å². The largest absolute Gasteiger partial charge is 0.586 e. The number of nitrogens with zero attached hydrogens (tertiary/aromatic N) is 2. The number of ether oxygens (including phenoxy) is 2. The molecule has 3 rings (SSSR count). The lowest BCUT2D eigenvalue weighted by atomic mass is 10.1. The smallest absolute Gasteiger partial charge is 0.395 e. The third-order valence-electron chi connectivity index (χ3n) is 2.90. The van der Waals surface area contributed by atoms with Crippen LogP contribution >= 0.6 is 23.2 Å². The monoisotopic (exact) mass is 347 g/mol. The molecule has 0 saturated heterocycles. The summed E-state index contributed by atoms with van der Waals surface area (Å²) < 4.78 is 34.7. The van der Waals surface area contributed by atoms with Crippen LogP contribution < -0.4 is 14.8 Å². The molecule has 2 aromatic rings. The Hall–Kier alpha value is -1.86. The Kier molecular flexibility index (Phi) is 3.92. The summed E-state index contributed by atoms with van der Waals surface area (Å²) in [6.07, 6.45) is -1.84. The van der Waals surface area contributed by atoms with Gasteiger partial charge >= 0.3 is 6.29 Å². The minimum atomic E-state index is -3.65. The maximum absolute atomic E-state index is 13.0. The molecule has 116 valence electrons. The van der Waals surface area contributed by atoms with Gasteiger partial charge < -0.3 is 14.8 Å². The van der Waals surface area contributed by atoms with E-state index in [1.165, 1.54) is 18.5 Å². The minimum absolute atomic E-state index is 0.0329. The van der Waals surface area contributed by atoms with Crippen LogP contribution in [0.1, 0.15) is 5.56 Å². The van der Waals surface area contributed by atoms with Crippen LogP contribution in [0.5, 0.6) is 11.5 Å². The maximum atomic E-state index is 13.0. The van der Waals surface area contributed by atoms with E-state index in [2.05, 4.69) is 24.8 Å². The predicted molar refractivity (Wildman–Crippen MR) is 76.9 cm³/mol. The fraction of sp³-hybridized carbons (Fsp3) is 0.231. The van der Waals surface area contributed by atoms with Crippen molar-refractivity contribution < 1.29 is 18.3 Å². The first-order valence-corrected chi connectivity index (χ1v) is 6.98. The second-order valence-corrected chi connectivity index (χ2v) is 5.26. The zero-order valence-electron chi connectivity index (χ0n) is 10.9. The Balaban J connectivity index is 1.67.